The fourth-order valence-electron chi connectivity index (χ4n) is 2.84. The van der Waals surface area contributed by atoms with Gasteiger partial charge in [-0.3, -0.25) is 9.10 Å². The summed E-state index contributed by atoms with van der Waals surface area (Å²) >= 11 is 0. The van der Waals surface area contributed by atoms with Gasteiger partial charge in [-0.15, -0.1) is 0 Å². The lowest BCUT2D eigenvalue weighted by Crippen LogP contribution is -2.33. The zero-order valence-corrected chi connectivity index (χ0v) is 16.8. The Balaban J connectivity index is 2.14. The maximum atomic E-state index is 13.1. The first kappa shape index (κ1) is 20.9. The zero-order chi connectivity index (χ0) is 20.2. The monoisotopic (exact) mass is 392 g/mol. The predicted octanol–water partition coefficient (Wildman–Crippen LogP) is 4.05. The van der Waals surface area contributed by atoms with Crippen molar-refractivity contribution in [3.63, 3.8) is 0 Å². The van der Waals surface area contributed by atoms with Gasteiger partial charge in [0.25, 0.3) is 0 Å². The number of halogens is 1. The minimum Gasteiger partial charge on any atom is -0.326 e. The fraction of sp³-hybridized carbons (Fsp3) is 0.350. The molecule has 7 heteroatoms. The molecular formula is C20H25FN2O3S. The van der Waals surface area contributed by atoms with Gasteiger partial charge >= 0.3 is 0 Å². The van der Waals surface area contributed by atoms with Crippen LogP contribution in [-0.4, -0.2) is 27.1 Å². The molecule has 0 heterocycles. The molecule has 0 atom stereocenters. The minimum atomic E-state index is -3.60. The van der Waals surface area contributed by atoms with Crippen LogP contribution >= 0.6 is 0 Å². The molecule has 0 aliphatic heterocycles. The van der Waals surface area contributed by atoms with Gasteiger partial charge in [0.15, 0.2) is 0 Å². The van der Waals surface area contributed by atoms with Crippen LogP contribution in [0, 0.1) is 12.7 Å². The van der Waals surface area contributed by atoms with Gasteiger partial charge in [-0.25, -0.2) is 12.8 Å². The molecule has 0 saturated heterocycles. The summed E-state index contributed by atoms with van der Waals surface area (Å²) < 4.78 is 38.4. The van der Waals surface area contributed by atoms with Crippen molar-refractivity contribution in [2.75, 3.05) is 22.4 Å². The van der Waals surface area contributed by atoms with Gasteiger partial charge in [0, 0.05) is 18.7 Å². The molecule has 0 aromatic heterocycles. The summed E-state index contributed by atoms with van der Waals surface area (Å²) in [5.41, 5.74) is 3.07. The normalized spacial score (nSPS) is 11.5. The number of amides is 1. The average molecular weight is 392 g/mol. The van der Waals surface area contributed by atoms with Crippen molar-refractivity contribution in [2.24, 2.45) is 0 Å². The third-order valence-electron chi connectivity index (χ3n) is 4.25. The van der Waals surface area contributed by atoms with E-state index in [1.54, 1.807) is 0 Å². The summed E-state index contributed by atoms with van der Waals surface area (Å²) in [7, 11) is -3.60. The molecule has 0 bridgehead atoms. The minimum absolute atomic E-state index is 0.0175. The molecule has 2 aromatic rings. The van der Waals surface area contributed by atoms with Gasteiger partial charge in [0.2, 0.25) is 15.9 Å². The highest BCUT2D eigenvalue weighted by Gasteiger charge is 2.19. The molecule has 146 valence electrons. The smallest absolute Gasteiger partial charge is 0.232 e. The lowest BCUT2D eigenvalue weighted by Gasteiger charge is -2.22. The largest absolute Gasteiger partial charge is 0.326 e. The number of nitrogens with one attached hydrogen (secondary N) is 1. The second-order valence-corrected chi connectivity index (χ2v) is 8.71. The van der Waals surface area contributed by atoms with Crippen molar-refractivity contribution in [3.8, 4) is 0 Å². The first-order valence-corrected chi connectivity index (χ1v) is 10.6. The maximum absolute atomic E-state index is 13.1. The van der Waals surface area contributed by atoms with Gasteiger partial charge in [-0.2, -0.15) is 0 Å². The van der Waals surface area contributed by atoms with Crippen LogP contribution in [0.5, 0.6) is 0 Å². The Labute approximate surface area is 160 Å². The summed E-state index contributed by atoms with van der Waals surface area (Å²) in [6, 6.07) is 11.0. The van der Waals surface area contributed by atoms with E-state index in [1.807, 2.05) is 39.0 Å². The highest BCUT2D eigenvalue weighted by molar-refractivity contribution is 7.92. The average Bonchev–Trinajstić information content (AvgIpc) is 2.57. The zero-order valence-electron chi connectivity index (χ0n) is 16.0. The van der Waals surface area contributed by atoms with Crippen LogP contribution < -0.4 is 9.62 Å². The van der Waals surface area contributed by atoms with Crippen LogP contribution in [0.3, 0.4) is 0 Å². The third kappa shape index (κ3) is 5.53. The maximum Gasteiger partial charge on any atom is 0.232 e. The first-order valence-electron chi connectivity index (χ1n) is 8.72. The Hall–Kier alpha value is -2.41. The van der Waals surface area contributed by atoms with Crippen LogP contribution in [0.2, 0.25) is 0 Å². The molecule has 0 unspecified atom stereocenters. The number of para-hydroxylation sites is 1. The van der Waals surface area contributed by atoms with Gasteiger partial charge < -0.3 is 5.32 Å². The summed E-state index contributed by atoms with van der Waals surface area (Å²) in [4.78, 5) is 12.5. The van der Waals surface area contributed by atoms with Crippen molar-refractivity contribution >= 4 is 27.3 Å². The quantitative estimate of drug-likeness (QED) is 0.773. The van der Waals surface area contributed by atoms with E-state index in [4.69, 9.17) is 0 Å². The highest BCUT2D eigenvalue weighted by Crippen LogP contribution is 2.27. The SMILES string of the molecule is Cc1cccc(C(C)C)c1NC(=O)CCN(c1ccc(F)cc1)S(C)(=O)=O. The molecule has 0 aliphatic carbocycles. The van der Waals surface area contributed by atoms with Crippen LogP contribution in [-0.2, 0) is 14.8 Å². The molecule has 2 rings (SSSR count). The van der Waals surface area contributed by atoms with E-state index >= 15 is 0 Å². The van der Waals surface area contributed by atoms with Crippen molar-refractivity contribution in [3.05, 3.63) is 59.4 Å². The molecule has 5 nitrogen and oxygen atoms in total. The molecule has 2 aromatic carbocycles. The van der Waals surface area contributed by atoms with Gasteiger partial charge in [0.05, 0.1) is 11.9 Å². The number of aryl methyl sites for hydroxylation is 1. The lowest BCUT2D eigenvalue weighted by molar-refractivity contribution is -0.116. The number of sulfonamides is 1. The predicted molar refractivity (Wildman–Crippen MR) is 107 cm³/mol. The Morgan fingerprint density at radius 3 is 2.33 bits per heavy atom. The van der Waals surface area contributed by atoms with Gasteiger partial charge in [0.1, 0.15) is 5.82 Å². The van der Waals surface area contributed by atoms with E-state index < -0.39 is 15.8 Å². The van der Waals surface area contributed by atoms with Crippen molar-refractivity contribution < 1.29 is 17.6 Å². The molecule has 0 aliphatic rings. The molecule has 0 fully saturated rings. The van der Waals surface area contributed by atoms with Gasteiger partial charge in [-0.05, 0) is 48.2 Å². The van der Waals surface area contributed by atoms with Crippen LogP contribution in [0.25, 0.3) is 0 Å². The van der Waals surface area contributed by atoms with Crippen molar-refractivity contribution in [1.82, 2.24) is 0 Å². The van der Waals surface area contributed by atoms with E-state index in [-0.39, 0.29) is 24.8 Å². The summed E-state index contributed by atoms with van der Waals surface area (Å²) in [6.45, 7) is 5.98. The Kier molecular flexibility index (Phi) is 6.59. The molecule has 0 radical (unpaired) electrons. The number of nitrogens with zero attached hydrogens (tertiary/aromatic N) is 1. The van der Waals surface area contributed by atoms with E-state index in [2.05, 4.69) is 5.32 Å². The third-order valence-corrected chi connectivity index (χ3v) is 5.44. The number of hydrogen-bond acceptors (Lipinski definition) is 3. The number of carbonyl (C=O) groups is 1. The first-order chi connectivity index (χ1) is 12.6. The fourth-order valence-corrected chi connectivity index (χ4v) is 3.77. The molecule has 0 saturated carbocycles. The van der Waals surface area contributed by atoms with Crippen LogP contribution in [0.1, 0.15) is 37.3 Å². The molecule has 1 amide bonds. The molecular weight excluding hydrogens is 367 g/mol. The number of benzene rings is 2. The second kappa shape index (κ2) is 8.52. The Bertz CT molecular complexity index is 909. The van der Waals surface area contributed by atoms with E-state index in [0.29, 0.717) is 5.69 Å². The number of hydrogen-bond donors (Lipinski definition) is 1. The Morgan fingerprint density at radius 2 is 1.78 bits per heavy atom. The topological polar surface area (TPSA) is 66.5 Å². The van der Waals surface area contributed by atoms with Crippen molar-refractivity contribution in [2.45, 2.75) is 33.1 Å². The molecule has 1 N–H and O–H groups in total. The summed E-state index contributed by atoms with van der Waals surface area (Å²) in [5, 5.41) is 2.91. The van der Waals surface area contributed by atoms with Gasteiger partial charge in [-0.1, -0.05) is 32.0 Å². The van der Waals surface area contributed by atoms with E-state index in [9.17, 15) is 17.6 Å². The summed E-state index contributed by atoms with van der Waals surface area (Å²) in [5.74, 6) is -0.486. The summed E-state index contributed by atoms with van der Waals surface area (Å²) in [6.07, 6.45) is 1.04. The standard InChI is InChI=1S/C20H25FN2O3S/c1-14(2)18-7-5-6-15(3)20(18)22-19(24)12-13-23(27(4,25)26)17-10-8-16(21)9-11-17/h5-11,14H,12-13H2,1-4H3,(H,22,24). The molecule has 0 spiro atoms. The van der Waals surface area contributed by atoms with E-state index in [1.165, 1.54) is 24.3 Å². The highest BCUT2D eigenvalue weighted by atomic mass is 32.2. The Morgan fingerprint density at radius 1 is 1.15 bits per heavy atom. The molecule has 27 heavy (non-hydrogen) atoms. The van der Waals surface area contributed by atoms with Crippen molar-refractivity contribution in [1.29, 1.82) is 0 Å². The van der Waals surface area contributed by atoms with E-state index in [0.717, 1.165) is 27.4 Å². The van der Waals surface area contributed by atoms with Crippen LogP contribution in [0.4, 0.5) is 15.8 Å². The lowest BCUT2D eigenvalue weighted by atomic mass is 9.98. The number of rotatable bonds is 7. The second-order valence-electron chi connectivity index (χ2n) is 6.80. The number of carbonyl (C=O) groups excluding carboxylic acids is 1. The van der Waals surface area contributed by atoms with Crippen LogP contribution in [0.15, 0.2) is 42.5 Å². The number of anilines is 2.